The summed E-state index contributed by atoms with van der Waals surface area (Å²) < 4.78 is 40.1. The first-order valence-corrected chi connectivity index (χ1v) is 25.4. The Morgan fingerprint density at radius 1 is 0.794 bits per heavy atom. The smallest absolute Gasteiger partial charge is 0.306 e. The molecule has 2 rings (SSSR count). The van der Waals surface area contributed by atoms with Crippen molar-refractivity contribution in [2.24, 2.45) is 11.8 Å². The number of carbonyl (C=O) groups excluding carboxylic acids is 3. The number of hydrogen-bond donors (Lipinski definition) is 3. The monoisotopic (exact) mass is 914 g/mol. The molecule has 1 fully saturated rings. The highest BCUT2D eigenvalue weighted by atomic mass is 31.2. The normalized spacial score (nSPS) is 19.9. The molecule has 0 aliphatic heterocycles. The number of hydrogen-bond acceptors (Lipinski definition) is 13. The summed E-state index contributed by atoms with van der Waals surface area (Å²) in [4.78, 5) is 50.9. The van der Waals surface area contributed by atoms with Gasteiger partial charge in [0, 0.05) is 56.8 Å². The molecule has 3 N–H and O–H groups in total. The molecule has 364 valence electrons. The third-order valence-electron chi connectivity index (χ3n) is 12.0. The molecule has 1 heterocycles. The van der Waals surface area contributed by atoms with Gasteiger partial charge in [-0.25, -0.2) is 0 Å². The molecule has 7 atom stereocenters. The number of phosphoric acid groups is 1. The summed E-state index contributed by atoms with van der Waals surface area (Å²) in [5.74, 6) is 0.0394. The maximum atomic E-state index is 12.9. The molecule has 1 aromatic heterocycles. The van der Waals surface area contributed by atoms with Crippen LogP contribution in [0.1, 0.15) is 165 Å². The van der Waals surface area contributed by atoms with E-state index in [4.69, 9.17) is 22.9 Å². The molecule has 15 heteroatoms. The molecule has 1 aromatic rings. The van der Waals surface area contributed by atoms with Crippen LogP contribution in [0.3, 0.4) is 0 Å². The molecule has 63 heavy (non-hydrogen) atoms. The van der Waals surface area contributed by atoms with E-state index in [2.05, 4.69) is 27.7 Å². The summed E-state index contributed by atoms with van der Waals surface area (Å²) in [6.07, 6.45) is 15.7. The van der Waals surface area contributed by atoms with Crippen molar-refractivity contribution < 1.29 is 66.6 Å². The Kier molecular flexibility index (Phi) is 27.7. The van der Waals surface area contributed by atoms with Crippen LogP contribution < -0.4 is 4.89 Å². The fraction of sp³-hybridized carbons (Fsp3) is 0.812. The van der Waals surface area contributed by atoms with Crippen molar-refractivity contribution in [3.05, 3.63) is 34.8 Å². The Bertz CT molecular complexity index is 1540. The predicted molar refractivity (Wildman–Crippen MR) is 242 cm³/mol. The van der Waals surface area contributed by atoms with Crippen LogP contribution in [0.4, 0.5) is 0 Å². The zero-order valence-corrected chi connectivity index (χ0v) is 40.7. The Hall–Kier alpha value is -2.42. The number of unbranched alkanes of at least 4 members (excludes halogenated alkanes) is 10. The lowest BCUT2D eigenvalue weighted by Gasteiger charge is -2.28. The number of esters is 2. The highest BCUT2D eigenvalue weighted by Gasteiger charge is 2.41. The third kappa shape index (κ3) is 24.6. The molecular weight excluding hydrogens is 829 g/mol. The number of quaternary nitrogens is 1. The van der Waals surface area contributed by atoms with E-state index in [-0.39, 0.29) is 44.5 Å². The van der Waals surface area contributed by atoms with Crippen molar-refractivity contribution in [2.75, 3.05) is 47.5 Å². The topological polar surface area (TPSA) is 202 Å². The number of carbonyl (C=O) groups is 3. The number of nitrogens with zero attached hydrogens (tertiary/aromatic N) is 1. The first-order valence-electron chi connectivity index (χ1n) is 23.9. The number of aliphatic hydroxyl groups is 3. The van der Waals surface area contributed by atoms with Crippen molar-refractivity contribution in [1.29, 1.82) is 0 Å². The van der Waals surface area contributed by atoms with Crippen LogP contribution in [0.15, 0.2) is 16.6 Å². The van der Waals surface area contributed by atoms with Crippen LogP contribution in [0.2, 0.25) is 0 Å². The number of likely N-dealkylation sites (N-methyl/N-ethyl adjacent to an activating group) is 1. The molecule has 1 saturated carbocycles. The Morgan fingerprint density at radius 2 is 1.37 bits per heavy atom. The maximum absolute atomic E-state index is 12.9. The molecule has 0 radical (unpaired) electrons. The highest BCUT2D eigenvalue weighted by molar-refractivity contribution is 7.45. The quantitative estimate of drug-likeness (QED) is 0.0193. The van der Waals surface area contributed by atoms with E-state index < -0.39 is 69.2 Å². The molecule has 0 spiro atoms. The second kappa shape index (κ2) is 30.7. The summed E-state index contributed by atoms with van der Waals surface area (Å²) in [5.41, 5.74) is 2.55. The fourth-order valence-corrected chi connectivity index (χ4v) is 8.56. The standard InChI is InChI=1S/C48H84NO13P/c1-8-10-16-22-38(50)28-29-41-42(44(53)33-43(41)52)32-39(51)23-20-21-27-48(55)61-40(35-60-63(56,57)59-31-30-49(5,6)7)34-58-47(54)26-19-15-13-12-14-18-25-46-37(4)36(3)45(62-46)24-17-11-9-2/h28-29,38,40-44,50,52-53H,8-27,30-35H2,1-7H3/b29-28+/t38-,40+,41+,42+,43+,44-/m0/s1. The van der Waals surface area contributed by atoms with Crippen LogP contribution in [-0.2, 0) is 50.3 Å². The van der Waals surface area contributed by atoms with Gasteiger partial charge in [0.2, 0.25) is 0 Å². The average molecular weight is 914 g/mol. The molecule has 1 aliphatic carbocycles. The van der Waals surface area contributed by atoms with Gasteiger partial charge in [-0.15, -0.1) is 0 Å². The van der Waals surface area contributed by atoms with E-state index in [9.17, 15) is 39.2 Å². The lowest BCUT2D eigenvalue weighted by Crippen LogP contribution is -2.37. The first-order chi connectivity index (χ1) is 29.9. The molecule has 0 saturated heterocycles. The Labute approximate surface area is 378 Å². The number of furan rings is 1. The molecule has 14 nitrogen and oxygen atoms in total. The Balaban J connectivity index is 1.79. The second-order valence-corrected chi connectivity index (χ2v) is 20.1. The summed E-state index contributed by atoms with van der Waals surface area (Å²) in [7, 11) is 0.913. The average Bonchev–Trinajstić information content (AvgIpc) is 3.64. The number of phosphoric ester groups is 1. The SMILES string of the molecule is CCCCCc1oc(CCCCCCCCC(=O)OC[C@H](COP(=O)([O-])OCC[N+](C)(C)C)OC(=O)CCCCC(=O)C[C@@H]2[C@@H](/C=C/[C@@H](O)CCCCC)[C@H](O)C[C@@H]2O)c(C)c1C. The maximum Gasteiger partial charge on any atom is 0.306 e. The lowest BCUT2D eigenvalue weighted by atomic mass is 9.87. The summed E-state index contributed by atoms with van der Waals surface area (Å²) >= 11 is 0. The number of ketones is 1. The van der Waals surface area contributed by atoms with Gasteiger partial charge in [-0.05, 0) is 63.5 Å². The predicted octanol–water partition coefficient (Wildman–Crippen LogP) is 7.94. The number of aryl methyl sites for hydroxylation is 2. The first kappa shape index (κ1) is 56.7. The van der Waals surface area contributed by atoms with Crippen molar-refractivity contribution in [2.45, 2.75) is 193 Å². The number of Topliss-reactive ketones (excluding diaryl/α,β-unsaturated/α-hetero) is 1. The number of ether oxygens (including phenoxy) is 2. The van der Waals surface area contributed by atoms with E-state index >= 15 is 0 Å². The van der Waals surface area contributed by atoms with Crippen molar-refractivity contribution in [1.82, 2.24) is 0 Å². The van der Waals surface area contributed by atoms with E-state index in [1.807, 2.05) is 21.1 Å². The highest BCUT2D eigenvalue weighted by Crippen LogP contribution is 2.39. The lowest BCUT2D eigenvalue weighted by molar-refractivity contribution is -0.870. The van der Waals surface area contributed by atoms with Gasteiger partial charge in [-0.2, -0.15) is 0 Å². The van der Waals surface area contributed by atoms with E-state index in [1.165, 1.54) is 24.0 Å². The van der Waals surface area contributed by atoms with Crippen molar-refractivity contribution in [3.63, 3.8) is 0 Å². The third-order valence-corrected chi connectivity index (χ3v) is 12.9. The van der Waals surface area contributed by atoms with Crippen LogP contribution in [0, 0.1) is 25.7 Å². The van der Waals surface area contributed by atoms with Crippen molar-refractivity contribution in [3.8, 4) is 0 Å². The second-order valence-electron chi connectivity index (χ2n) is 18.7. The summed E-state index contributed by atoms with van der Waals surface area (Å²) in [5, 5.41) is 31.4. The zero-order valence-electron chi connectivity index (χ0n) is 39.8. The van der Waals surface area contributed by atoms with E-state index in [0.717, 1.165) is 82.1 Å². The summed E-state index contributed by atoms with van der Waals surface area (Å²) in [6, 6.07) is 0. The minimum atomic E-state index is -4.75. The van der Waals surface area contributed by atoms with Gasteiger partial charge in [-0.3, -0.25) is 18.9 Å². The van der Waals surface area contributed by atoms with Crippen molar-refractivity contribution >= 4 is 25.5 Å². The van der Waals surface area contributed by atoms with Crippen LogP contribution in [0.25, 0.3) is 0 Å². The van der Waals surface area contributed by atoms with Gasteiger partial charge in [0.05, 0.1) is 46.1 Å². The molecule has 1 unspecified atom stereocenters. The molecule has 0 bridgehead atoms. The van der Waals surface area contributed by atoms with E-state index in [1.54, 1.807) is 12.2 Å². The van der Waals surface area contributed by atoms with Crippen LogP contribution in [-0.4, -0.2) is 109 Å². The molecular formula is C48H84NO13P. The fourth-order valence-electron chi connectivity index (χ4n) is 7.83. The van der Waals surface area contributed by atoms with Gasteiger partial charge < -0.3 is 47.6 Å². The minimum Gasteiger partial charge on any atom is -0.756 e. The van der Waals surface area contributed by atoms with Gasteiger partial charge in [0.25, 0.3) is 7.82 Å². The molecule has 0 aromatic carbocycles. The van der Waals surface area contributed by atoms with Gasteiger partial charge in [-0.1, -0.05) is 83.8 Å². The van der Waals surface area contributed by atoms with E-state index in [0.29, 0.717) is 36.7 Å². The number of rotatable bonds is 36. The molecule has 0 amide bonds. The van der Waals surface area contributed by atoms with Gasteiger partial charge >= 0.3 is 11.9 Å². The minimum absolute atomic E-state index is 0.0620. The van der Waals surface area contributed by atoms with Gasteiger partial charge in [0.15, 0.2) is 6.10 Å². The summed E-state index contributed by atoms with van der Waals surface area (Å²) in [6.45, 7) is 7.89. The molecule has 1 aliphatic rings. The largest absolute Gasteiger partial charge is 0.756 e. The Morgan fingerprint density at radius 3 is 2.02 bits per heavy atom. The van der Waals surface area contributed by atoms with Gasteiger partial charge in [0.1, 0.15) is 37.1 Å². The zero-order chi connectivity index (χ0) is 46.8. The number of aliphatic hydroxyl groups excluding tert-OH is 3. The van der Waals surface area contributed by atoms with Crippen LogP contribution in [0.5, 0.6) is 0 Å². The van der Waals surface area contributed by atoms with Crippen LogP contribution >= 0.6 is 7.82 Å².